The zero-order valence-electron chi connectivity index (χ0n) is 11.6. The highest BCUT2D eigenvalue weighted by Crippen LogP contribution is 2.33. The van der Waals surface area contributed by atoms with E-state index in [1.165, 1.54) is 0 Å². The van der Waals surface area contributed by atoms with Crippen LogP contribution in [0.4, 0.5) is 5.69 Å². The first-order valence-corrected chi connectivity index (χ1v) is 7.08. The van der Waals surface area contributed by atoms with Gasteiger partial charge >= 0.3 is 0 Å². The van der Waals surface area contributed by atoms with Gasteiger partial charge in [-0.25, -0.2) is 0 Å². The van der Waals surface area contributed by atoms with Crippen LogP contribution in [0.15, 0.2) is 48.7 Å². The maximum atomic E-state index is 9.51. The highest BCUT2D eigenvalue weighted by atomic mass is 35.5. The van der Waals surface area contributed by atoms with Crippen molar-refractivity contribution >= 4 is 28.2 Å². The number of aromatic nitrogens is 1. The quantitative estimate of drug-likeness (QED) is 0.747. The van der Waals surface area contributed by atoms with Crippen molar-refractivity contribution in [2.75, 3.05) is 5.32 Å². The fraction of sp³-hybridized carbons (Fsp3) is 0.118. The lowest BCUT2D eigenvalue weighted by Crippen LogP contribution is -2.01. The molecule has 3 aromatic rings. The second-order valence-electron chi connectivity index (χ2n) is 4.97. The predicted molar refractivity (Wildman–Crippen MR) is 86.9 cm³/mol. The van der Waals surface area contributed by atoms with Crippen LogP contribution >= 0.6 is 11.6 Å². The largest absolute Gasteiger partial charge is 0.508 e. The molecule has 0 unspecified atom stereocenters. The second-order valence-corrected chi connectivity index (χ2v) is 5.38. The summed E-state index contributed by atoms with van der Waals surface area (Å²) in [5, 5.41) is 14.5. The minimum absolute atomic E-state index is 0.260. The first-order chi connectivity index (χ1) is 10.1. The minimum Gasteiger partial charge on any atom is -0.508 e. The number of nitrogens with one attached hydrogen (secondary N) is 1. The van der Waals surface area contributed by atoms with Crippen LogP contribution in [0.5, 0.6) is 5.75 Å². The zero-order valence-corrected chi connectivity index (χ0v) is 12.4. The maximum Gasteiger partial charge on any atom is 0.115 e. The molecule has 1 aromatic heterocycles. The number of hydrogen-bond donors (Lipinski definition) is 2. The van der Waals surface area contributed by atoms with E-state index in [9.17, 15) is 5.11 Å². The Balaban J connectivity index is 1.97. The number of phenolic OH excluding ortho intramolecular Hbond substituents is 1. The Morgan fingerprint density at radius 2 is 2.05 bits per heavy atom. The summed E-state index contributed by atoms with van der Waals surface area (Å²) in [5.41, 5.74) is 3.86. The highest BCUT2D eigenvalue weighted by Gasteiger charge is 2.09. The maximum absolute atomic E-state index is 9.51. The molecule has 0 aliphatic carbocycles. The van der Waals surface area contributed by atoms with Gasteiger partial charge < -0.3 is 10.4 Å². The van der Waals surface area contributed by atoms with Crippen molar-refractivity contribution in [2.24, 2.45) is 0 Å². The molecule has 2 aromatic carbocycles. The molecule has 0 fully saturated rings. The highest BCUT2D eigenvalue weighted by molar-refractivity contribution is 6.35. The SMILES string of the molecule is Cc1cc(Cl)c(NCc2cccc(O)c2)c2cccnc12. The Kier molecular flexibility index (Phi) is 3.67. The standard InChI is InChI=1S/C17H15ClN2O/c1-11-8-15(18)17(14-6-3-7-19-16(11)14)20-10-12-4-2-5-13(21)9-12/h2-9,20-21H,10H2,1H3. The van der Waals surface area contributed by atoms with E-state index in [-0.39, 0.29) is 5.75 Å². The summed E-state index contributed by atoms with van der Waals surface area (Å²) in [7, 11) is 0. The Labute approximate surface area is 128 Å². The number of anilines is 1. The fourth-order valence-electron chi connectivity index (χ4n) is 2.42. The Bertz CT molecular complexity index is 802. The van der Waals surface area contributed by atoms with Gasteiger partial charge in [0, 0.05) is 18.1 Å². The van der Waals surface area contributed by atoms with Crippen molar-refractivity contribution in [1.82, 2.24) is 4.98 Å². The average Bonchev–Trinajstić information content (AvgIpc) is 2.47. The Hall–Kier alpha value is -2.26. The van der Waals surface area contributed by atoms with E-state index in [4.69, 9.17) is 11.6 Å². The summed E-state index contributed by atoms with van der Waals surface area (Å²) < 4.78 is 0. The molecule has 0 saturated heterocycles. The number of phenols is 1. The van der Waals surface area contributed by atoms with Gasteiger partial charge in [-0.2, -0.15) is 0 Å². The van der Waals surface area contributed by atoms with Gasteiger partial charge in [-0.3, -0.25) is 4.98 Å². The summed E-state index contributed by atoms with van der Waals surface area (Å²) in [6.45, 7) is 2.58. The number of halogens is 1. The molecule has 0 aliphatic rings. The van der Waals surface area contributed by atoms with E-state index in [0.717, 1.165) is 27.7 Å². The number of nitrogens with zero attached hydrogens (tertiary/aromatic N) is 1. The number of aryl methyl sites for hydroxylation is 1. The molecule has 0 radical (unpaired) electrons. The molecule has 0 aliphatic heterocycles. The van der Waals surface area contributed by atoms with Crippen LogP contribution in [0, 0.1) is 6.92 Å². The average molecular weight is 299 g/mol. The lowest BCUT2D eigenvalue weighted by atomic mass is 10.1. The van der Waals surface area contributed by atoms with Crippen molar-refractivity contribution in [1.29, 1.82) is 0 Å². The zero-order chi connectivity index (χ0) is 14.8. The topological polar surface area (TPSA) is 45.1 Å². The summed E-state index contributed by atoms with van der Waals surface area (Å²) in [6.07, 6.45) is 1.78. The van der Waals surface area contributed by atoms with Crippen LogP contribution in [0.2, 0.25) is 5.02 Å². The van der Waals surface area contributed by atoms with Crippen molar-refractivity contribution < 1.29 is 5.11 Å². The van der Waals surface area contributed by atoms with Gasteiger partial charge in [0.2, 0.25) is 0 Å². The minimum atomic E-state index is 0.260. The number of aromatic hydroxyl groups is 1. The fourth-order valence-corrected chi connectivity index (χ4v) is 2.75. The smallest absolute Gasteiger partial charge is 0.115 e. The first kappa shape index (κ1) is 13.7. The molecule has 0 amide bonds. The second kappa shape index (κ2) is 5.62. The van der Waals surface area contributed by atoms with Gasteiger partial charge in [0.15, 0.2) is 0 Å². The normalized spacial score (nSPS) is 10.8. The predicted octanol–water partition coefficient (Wildman–Crippen LogP) is 4.51. The number of pyridine rings is 1. The van der Waals surface area contributed by atoms with E-state index < -0.39 is 0 Å². The summed E-state index contributed by atoms with van der Waals surface area (Å²) >= 11 is 6.37. The summed E-state index contributed by atoms with van der Waals surface area (Å²) in [6, 6.07) is 13.0. The van der Waals surface area contributed by atoms with E-state index in [1.807, 2.05) is 37.3 Å². The molecule has 4 heteroatoms. The van der Waals surface area contributed by atoms with Crippen molar-refractivity contribution in [3.05, 3.63) is 64.8 Å². The van der Waals surface area contributed by atoms with Crippen molar-refractivity contribution in [2.45, 2.75) is 13.5 Å². The molecule has 21 heavy (non-hydrogen) atoms. The van der Waals surface area contributed by atoms with Gasteiger partial charge in [-0.05, 0) is 48.4 Å². The molecular formula is C17H15ClN2O. The molecule has 0 atom stereocenters. The third kappa shape index (κ3) is 2.78. The van der Waals surface area contributed by atoms with Gasteiger partial charge in [0.25, 0.3) is 0 Å². The van der Waals surface area contributed by atoms with Crippen molar-refractivity contribution in [3.8, 4) is 5.75 Å². The van der Waals surface area contributed by atoms with Gasteiger partial charge in [-0.1, -0.05) is 23.7 Å². The van der Waals surface area contributed by atoms with Crippen LogP contribution in [0.1, 0.15) is 11.1 Å². The lowest BCUT2D eigenvalue weighted by Gasteiger charge is -2.13. The number of fused-ring (bicyclic) bond motifs is 1. The molecule has 106 valence electrons. The molecule has 3 nitrogen and oxygen atoms in total. The van der Waals surface area contributed by atoms with E-state index >= 15 is 0 Å². The molecule has 1 heterocycles. The summed E-state index contributed by atoms with van der Waals surface area (Å²) in [4.78, 5) is 4.41. The Morgan fingerprint density at radius 3 is 2.86 bits per heavy atom. The van der Waals surface area contributed by atoms with E-state index in [1.54, 1.807) is 18.3 Å². The molecule has 2 N–H and O–H groups in total. The number of rotatable bonds is 3. The first-order valence-electron chi connectivity index (χ1n) is 6.71. The van der Waals surface area contributed by atoms with Gasteiger partial charge in [0.1, 0.15) is 5.75 Å². The number of hydrogen-bond acceptors (Lipinski definition) is 3. The number of benzene rings is 2. The monoisotopic (exact) mass is 298 g/mol. The molecule has 0 bridgehead atoms. The lowest BCUT2D eigenvalue weighted by molar-refractivity contribution is 0.474. The Morgan fingerprint density at radius 1 is 1.19 bits per heavy atom. The third-order valence-electron chi connectivity index (χ3n) is 3.41. The molecular weight excluding hydrogens is 284 g/mol. The molecule has 0 saturated carbocycles. The summed E-state index contributed by atoms with van der Waals surface area (Å²) in [5.74, 6) is 0.260. The van der Waals surface area contributed by atoms with E-state index in [2.05, 4.69) is 10.3 Å². The van der Waals surface area contributed by atoms with Crippen LogP contribution in [-0.2, 0) is 6.54 Å². The van der Waals surface area contributed by atoms with Crippen molar-refractivity contribution in [3.63, 3.8) is 0 Å². The van der Waals surface area contributed by atoms with Gasteiger partial charge in [-0.15, -0.1) is 0 Å². The van der Waals surface area contributed by atoms with Gasteiger partial charge in [0.05, 0.1) is 16.2 Å². The molecule has 0 spiro atoms. The van der Waals surface area contributed by atoms with Crippen LogP contribution < -0.4 is 5.32 Å². The molecule has 3 rings (SSSR count). The van der Waals surface area contributed by atoms with Crippen LogP contribution in [-0.4, -0.2) is 10.1 Å². The van der Waals surface area contributed by atoms with Crippen LogP contribution in [0.25, 0.3) is 10.9 Å². The van der Waals surface area contributed by atoms with E-state index in [0.29, 0.717) is 11.6 Å². The van der Waals surface area contributed by atoms with Crippen LogP contribution in [0.3, 0.4) is 0 Å². The third-order valence-corrected chi connectivity index (χ3v) is 3.71.